The number of ether oxygens (including phenoxy) is 4. The number of carbonyl (C=O) groups is 4. The van der Waals surface area contributed by atoms with E-state index in [1.165, 1.54) is 20.8 Å². The van der Waals surface area contributed by atoms with Crippen LogP contribution < -0.4 is 0 Å². The van der Waals surface area contributed by atoms with Crippen LogP contribution in [0.15, 0.2) is 11.1 Å². The first-order valence-electron chi connectivity index (χ1n) is 13.4. The molecular weight excluding hydrogens is 528 g/mol. The lowest BCUT2D eigenvalue weighted by molar-refractivity contribution is -0.296. The molecule has 2 bridgehead atoms. The summed E-state index contributed by atoms with van der Waals surface area (Å²) in [5, 5.41) is 45.6. The topological polar surface area (TPSA) is 186 Å². The quantitative estimate of drug-likeness (QED) is 0.205. The summed E-state index contributed by atoms with van der Waals surface area (Å²) in [5.41, 5.74) is -4.09. The summed E-state index contributed by atoms with van der Waals surface area (Å²) in [6.07, 6.45) is -8.39. The van der Waals surface area contributed by atoms with E-state index in [2.05, 4.69) is 0 Å². The number of aliphatic hydroxyl groups is 4. The van der Waals surface area contributed by atoms with Crippen LogP contribution in [0.25, 0.3) is 0 Å². The molecule has 0 heterocycles. The Morgan fingerprint density at radius 1 is 0.850 bits per heavy atom. The second-order valence-electron chi connectivity index (χ2n) is 12.2. The minimum atomic E-state index is -2.36. The van der Waals surface area contributed by atoms with Gasteiger partial charge < -0.3 is 39.4 Å². The van der Waals surface area contributed by atoms with Gasteiger partial charge in [0.2, 0.25) is 0 Å². The Hall–Kier alpha value is -2.54. The monoisotopic (exact) mass is 570 g/mol. The van der Waals surface area contributed by atoms with Crippen molar-refractivity contribution in [2.75, 3.05) is 6.61 Å². The molecule has 226 valence electrons. The highest BCUT2D eigenvalue weighted by Gasteiger charge is 2.71. The molecule has 10 unspecified atom stereocenters. The highest BCUT2D eigenvalue weighted by molar-refractivity contribution is 5.69. The fraction of sp³-hybridized carbons (Fsp3) is 0.786. The Bertz CT molecular complexity index is 1080. The van der Waals surface area contributed by atoms with Crippen molar-refractivity contribution in [3.8, 4) is 0 Å². The first kappa shape index (κ1) is 32.0. The predicted molar refractivity (Wildman–Crippen MR) is 137 cm³/mol. The molecule has 0 aromatic carbocycles. The molecule has 12 nitrogen and oxygen atoms in total. The lowest BCUT2D eigenvalue weighted by Gasteiger charge is -2.64. The van der Waals surface area contributed by atoms with Gasteiger partial charge in [-0.2, -0.15) is 0 Å². The predicted octanol–water partition coefficient (Wildman–Crippen LogP) is 0.561. The summed E-state index contributed by atoms with van der Waals surface area (Å²) >= 11 is 0. The summed E-state index contributed by atoms with van der Waals surface area (Å²) in [4.78, 5) is 49.5. The molecule has 2 saturated carbocycles. The van der Waals surface area contributed by atoms with Crippen LogP contribution in [0.3, 0.4) is 0 Å². The molecule has 0 amide bonds. The van der Waals surface area contributed by atoms with Crippen molar-refractivity contribution in [1.82, 2.24) is 0 Å². The number of hydrogen-bond acceptors (Lipinski definition) is 12. The van der Waals surface area contributed by atoms with Crippen molar-refractivity contribution < 1.29 is 58.6 Å². The number of esters is 4. The molecule has 3 aliphatic carbocycles. The van der Waals surface area contributed by atoms with Crippen LogP contribution in [0.4, 0.5) is 0 Å². The average molecular weight is 571 g/mol. The second-order valence-corrected chi connectivity index (χ2v) is 12.2. The third-order valence-corrected chi connectivity index (χ3v) is 9.30. The maximum atomic E-state index is 12.6. The van der Waals surface area contributed by atoms with Gasteiger partial charge in [-0.15, -0.1) is 0 Å². The summed E-state index contributed by atoms with van der Waals surface area (Å²) in [7, 11) is 0. The summed E-state index contributed by atoms with van der Waals surface area (Å²) in [6.45, 7) is 10.5. The SMILES string of the molecule is CC(=O)OC1CC2C(O)C3C(O)(CO)C(O)CC(OC(C)=O)C3(C)C(OC(C)=O)C(OC(C)=O)C(=C1C)C2(C)C. The summed E-state index contributed by atoms with van der Waals surface area (Å²) in [6, 6.07) is 0. The Morgan fingerprint density at radius 3 is 1.85 bits per heavy atom. The molecule has 40 heavy (non-hydrogen) atoms. The maximum absolute atomic E-state index is 12.6. The highest BCUT2D eigenvalue weighted by atomic mass is 16.6. The van der Waals surface area contributed by atoms with Gasteiger partial charge in [-0.3, -0.25) is 19.2 Å². The molecule has 0 aromatic heterocycles. The third-order valence-electron chi connectivity index (χ3n) is 9.30. The van der Waals surface area contributed by atoms with Gasteiger partial charge in [0, 0.05) is 40.0 Å². The first-order valence-corrected chi connectivity index (χ1v) is 13.4. The minimum absolute atomic E-state index is 0.0938. The van der Waals surface area contributed by atoms with Gasteiger partial charge in [0.1, 0.15) is 17.8 Å². The minimum Gasteiger partial charge on any atom is -0.462 e. The van der Waals surface area contributed by atoms with E-state index >= 15 is 0 Å². The van der Waals surface area contributed by atoms with Crippen LogP contribution in [0.5, 0.6) is 0 Å². The number of fused-ring (bicyclic) bond motifs is 3. The number of hydrogen-bond donors (Lipinski definition) is 4. The van der Waals surface area contributed by atoms with Crippen molar-refractivity contribution in [3.63, 3.8) is 0 Å². The lowest BCUT2D eigenvalue weighted by atomic mass is 9.46. The van der Waals surface area contributed by atoms with Gasteiger partial charge in [-0.05, 0) is 35.8 Å². The van der Waals surface area contributed by atoms with Gasteiger partial charge in [0.25, 0.3) is 0 Å². The van der Waals surface area contributed by atoms with E-state index in [4.69, 9.17) is 18.9 Å². The number of carbonyl (C=O) groups excluding carboxylic acids is 4. The normalized spacial score (nSPS) is 40.6. The van der Waals surface area contributed by atoms with E-state index in [1.807, 2.05) is 0 Å². The molecule has 0 saturated heterocycles. The number of aliphatic hydroxyl groups excluding tert-OH is 3. The van der Waals surface area contributed by atoms with Crippen molar-refractivity contribution >= 4 is 23.9 Å². The molecule has 12 heteroatoms. The van der Waals surface area contributed by atoms with Crippen molar-refractivity contribution in [2.45, 2.75) is 110 Å². The Balaban J connectivity index is 2.50. The van der Waals surface area contributed by atoms with Gasteiger partial charge in [-0.1, -0.05) is 20.8 Å². The standard InChI is InChI=1S/C28H42O12/c1-12-18(37-13(2)30)9-17-22(35)24-27(8,20(38-14(3)31)10-19(34)28(24,36)11-29)25(40-16(5)33)23(39-15(4)32)21(12)26(17,6)7/h17-20,22-25,29,34-36H,9-11H2,1-8H3. The summed E-state index contributed by atoms with van der Waals surface area (Å²) < 4.78 is 23.0. The maximum Gasteiger partial charge on any atom is 0.303 e. The van der Waals surface area contributed by atoms with Gasteiger partial charge in [0.05, 0.1) is 24.2 Å². The third kappa shape index (κ3) is 5.15. The molecule has 0 aromatic rings. The van der Waals surface area contributed by atoms with Crippen LogP contribution in [0.1, 0.15) is 68.2 Å². The Kier molecular flexibility index (Phi) is 8.82. The fourth-order valence-corrected chi connectivity index (χ4v) is 7.66. The number of rotatable bonds is 5. The van der Waals surface area contributed by atoms with E-state index in [0.29, 0.717) is 11.1 Å². The van der Waals surface area contributed by atoms with Crippen LogP contribution in [0, 0.1) is 22.7 Å². The molecule has 2 fully saturated rings. The van der Waals surface area contributed by atoms with Gasteiger partial charge >= 0.3 is 23.9 Å². The van der Waals surface area contributed by atoms with Crippen LogP contribution >= 0.6 is 0 Å². The average Bonchev–Trinajstić information content (AvgIpc) is 2.80. The zero-order valence-corrected chi connectivity index (χ0v) is 24.3. The Labute approximate surface area is 233 Å². The zero-order chi connectivity index (χ0) is 30.5. The van der Waals surface area contributed by atoms with Crippen LogP contribution in [0.2, 0.25) is 0 Å². The molecule has 3 rings (SSSR count). The van der Waals surface area contributed by atoms with Crippen molar-refractivity contribution in [2.24, 2.45) is 22.7 Å². The van der Waals surface area contributed by atoms with Crippen LogP contribution in [-0.2, 0) is 38.1 Å². The van der Waals surface area contributed by atoms with Crippen LogP contribution in [-0.4, -0.2) is 93.1 Å². The first-order chi connectivity index (χ1) is 18.3. The van der Waals surface area contributed by atoms with Gasteiger partial charge in [-0.25, -0.2) is 0 Å². The molecule has 0 radical (unpaired) electrons. The van der Waals surface area contributed by atoms with E-state index in [9.17, 15) is 39.6 Å². The second kappa shape index (κ2) is 11.0. The van der Waals surface area contributed by atoms with E-state index in [-0.39, 0.29) is 12.8 Å². The highest BCUT2D eigenvalue weighted by Crippen LogP contribution is 2.61. The van der Waals surface area contributed by atoms with Gasteiger partial charge in [0.15, 0.2) is 12.2 Å². The van der Waals surface area contributed by atoms with E-state index < -0.39 is 95.4 Å². The molecule has 0 aliphatic heterocycles. The van der Waals surface area contributed by atoms with Crippen molar-refractivity contribution in [3.05, 3.63) is 11.1 Å². The van der Waals surface area contributed by atoms with Crippen molar-refractivity contribution in [1.29, 1.82) is 0 Å². The van der Waals surface area contributed by atoms with E-state index in [0.717, 1.165) is 13.8 Å². The summed E-state index contributed by atoms with van der Waals surface area (Å²) in [5.74, 6) is -5.13. The van der Waals surface area contributed by atoms with E-state index in [1.54, 1.807) is 20.8 Å². The fourth-order valence-electron chi connectivity index (χ4n) is 7.66. The molecule has 10 atom stereocenters. The molecule has 4 N–H and O–H groups in total. The smallest absolute Gasteiger partial charge is 0.303 e. The lowest BCUT2D eigenvalue weighted by Crippen LogP contribution is -2.75. The molecule has 0 spiro atoms. The zero-order valence-electron chi connectivity index (χ0n) is 24.3. The largest absolute Gasteiger partial charge is 0.462 e. The molecule has 3 aliphatic rings. The molecular formula is C28H42O12. The Morgan fingerprint density at radius 2 is 1.38 bits per heavy atom.